The van der Waals surface area contributed by atoms with Crippen LogP contribution in [-0.4, -0.2) is 23.6 Å². The number of hydrogen-bond donors (Lipinski definition) is 1. The van der Waals surface area contributed by atoms with E-state index in [-0.39, 0.29) is 0 Å². The number of hydrogen-bond acceptors (Lipinski definition) is 2. The minimum absolute atomic E-state index is 0.753. The lowest BCUT2D eigenvalue weighted by molar-refractivity contribution is 0.281. The second-order valence-electron chi connectivity index (χ2n) is 5.58. The van der Waals surface area contributed by atoms with E-state index in [1.54, 1.807) is 0 Å². The summed E-state index contributed by atoms with van der Waals surface area (Å²) in [5, 5.41) is 4.70. The lowest BCUT2D eigenvalue weighted by atomic mass is 9.84. The SMILES string of the molecule is CC(NCC1CCCCS1)C1CCCCC1. The van der Waals surface area contributed by atoms with E-state index in [0.717, 1.165) is 17.2 Å². The van der Waals surface area contributed by atoms with Crippen LogP contribution in [0.15, 0.2) is 0 Å². The van der Waals surface area contributed by atoms with E-state index in [4.69, 9.17) is 0 Å². The van der Waals surface area contributed by atoms with Crippen molar-refractivity contribution in [3.05, 3.63) is 0 Å². The largest absolute Gasteiger partial charge is 0.313 e. The molecule has 2 heteroatoms. The van der Waals surface area contributed by atoms with Gasteiger partial charge in [0.1, 0.15) is 0 Å². The third-order valence-corrected chi connectivity index (χ3v) is 5.70. The van der Waals surface area contributed by atoms with Crippen molar-refractivity contribution >= 4 is 11.8 Å². The Bertz CT molecular complexity index is 183. The highest BCUT2D eigenvalue weighted by molar-refractivity contribution is 7.99. The first-order chi connectivity index (χ1) is 7.86. The standard InChI is InChI=1S/C14H27NS/c1-12(13-7-3-2-4-8-13)15-11-14-9-5-6-10-16-14/h12-15H,2-11H2,1H3. The second-order valence-corrected chi connectivity index (χ2v) is 6.99. The molecule has 0 spiro atoms. The summed E-state index contributed by atoms with van der Waals surface area (Å²) in [6.07, 6.45) is 11.7. The molecule has 1 saturated heterocycles. The summed E-state index contributed by atoms with van der Waals surface area (Å²) < 4.78 is 0. The van der Waals surface area contributed by atoms with Crippen molar-refractivity contribution in [3.8, 4) is 0 Å². The average molecular weight is 241 g/mol. The first-order valence-corrected chi connectivity index (χ1v) is 8.26. The van der Waals surface area contributed by atoms with Gasteiger partial charge in [-0.15, -0.1) is 0 Å². The molecule has 0 bridgehead atoms. The van der Waals surface area contributed by atoms with E-state index in [0.29, 0.717) is 0 Å². The summed E-state index contributed by atoms with van der Waals surface area (Å²) in [6.45, 7) is 3.66. The van der Waals surface area contributed by atoms with E-state index >= 15 is 0 Å². The molecule has 1 aliphatic heterocycles. The Morgan fingerprint density at radius 1 is 1.06 bits per heavy atom. The normalized spacial score (nSPS) is 30.2. The lowest BCUT2D eigenvalue weighted by Crippen LogP contribution is -2.39. The van der Waals surface area contributed by atoms with Gasteiger partial charge in [0.05, 0.1) is 0 Å². The molecule has 16 heavy (non-hydrogen) atoms. The molecular formula is C14H27NS. The molecule has 0 amide bonds. The summed E-state index contributed by atoms with van der Waals surface area (Å²) in [6, 6.07) is 0.753. The van der Waals surface area contributed by atoms with Gasteiger partial charge in [0.2, 0.25) is 0 Å². The van der Waals surface area contributed by atoms with Crippen molar-refractivity contribution < 1.29 is 0 Å². The van der Waals surface area contributed by atoms with Gasteiger partial charge >= 0.3 is 0 Å². The topological polar surface area (TPSA) is 12.0 Å². The summed E-state index contributed by atoms with van der Waals surface area (Å²) >= 11 is 2.19. The second kappa shape index (κ2) is 6.90. The van der Waals surface area contributed by atoms with Crippen LogP contribution in [0.2, 0.25) is 0 Å². The molecular weight excluding hydrogens is 214 g/mol. The van der Waals surface area contributed by atoms with E-state index in [1.165, 1.54) is 63.7 Å². The maximum Gasteiger partial charge on any atom is 0.0172 e. The van der Waals surface area contributed by atoms with Crippen molar-refractivity contribution in [1.82, 2.24) is 5.32 Å². The molecule has 2 unspecified atom stereocenters. The highest BCUT2D eigenvalue weighted by Gasteiger charge is 2.21. The van der Waals surface area contributed by atoms with Gasteiger partial charge in [-0.05, 0) is 44.3 Å². The fourth-order valence-corrected chi connectivity index (χ4v) is 4.34. The van der Waals surface area contributed by atoms with Gasteiger partial charge in [-0.3, -0.25) is 0 Å². The molecule has 1 heterocycles. The zero-order valence-corrected chi connectivity index (χ0v) is 11.5. The highest BCUT2D eigenvalue weighted by Crippen LogP contribution is 2.27. The summed E-state index contributed by atoms with van der Waals surface area (Å²) in [7, 11) is 0. The van der Waals surface area contributed by atoms with Crippen LogP contribution in [-0.2, 0) is 0 Å². The molecule has 0 aromatic rings. The molecule has 1 nitrogen and oxygen atoms in total. The molecule has 1 saturated carbocycles. The maximum absolute atomic E-state index is 3.80. The van der Waals surface area contributed by atoms with Gasteiger partial charge in [0.15, 0.2) is 0 Å². The Labute approximate surface area is 105 Å². The number of rotatable bonds is 4. The van der Waals surface area contributed by atoms with Gasteiger partial charge in [0.25, 0.3) is 0 Å². The Hall–Kier alpha value is 0.310. The minimum atomic E-state index is 0.753. The molecule has 1 aliphatic carbocycles. The van der Waals surface area contributed by atoms with Gasteiger partial charge in [-0.1, -0.05) is 25.7 Å². The fraction of sp³-hybridized carbons (Fsp3) is 1.00. The highest BCUT2D eigenvalue weighted by atomic mass is 32.2. The molecule has 2 rings (SSSR count). The summed E-state index contributed by atoms with van der Waals surface area (Å²) in [5.41, 5.74) is 0. The minimum Gasteiger partial charge on any atom is -0.313 e. The third-order valence-electron chi connectivity index (χ3n) is 4.30. The van der Waals surface area contributed by atoms with Gasteiger partial charge in [-0.2, -0.15) is 11.8 Å². The smallest absolute Gasteiger partial charge is 0.0172 e. The van der Waals surface area contributed by atoms with Crippen molar-refractivity contribution in [1.29, 1.82) is 0 Å². The monoisotopic (exact) mass is 241 g/mol. The summed E-state index contributed by atoms with van der Waals surface area (Å²) in [4.78, 5) is 0. The molecule has 0 radical (unpaired) electrons. The molecule has 0 aromatic heterocycles. The van der Waals surface area contributed by atoms with Crippen molar-refractivity contribution in [2.45, 2.75) is 69.6 Å². The predicted molar refractivity (Wildman–Crippen MR) is 74.1 cm³/mol. The molecule has 2 atom stereocenters. The predicted octanol–water partition coefficient (Wildman–Crippen LogP) is 3.83. The van der Waals surface area contributed by atoms with Crippen LogP contribution >= 0.6 is 11.8 Å². The van der Waals surface area contributed by atoms with Crippen LogP contribution < -0.4 is 5.32 Å². The zero-order chi connectivity index (χ0) is 11.2. The number of nitrogens with one attached hydrogen (secondary N) is 1. The van der Waals surface area contributed by atoms with Gasteiger partial charge in [-0.25, -0.2) is 0 Å². The quantitative estimate of drug-likeness (QED) is 0.803. The first kappa shape index (κ1) is 12.8. The van der Waals surface area contributed by atoms with Gasteiger partial charge < -0.3 is 5.32 Å². The first-order valence-electron chi connectivity index (χ1n) is 7.21. The Balaban J connectivity index is 1.63. The summed E-state index contributed by atoms with van der Waals surface area (Å²) in [5.74, 6) is 2.35. The molecule has 1 N–H and O–H groups in total. The molecule has 2 fully saturated rings. The van der Waals surface area contributed by atoms with Crippen LogP contribution in [0.25, 0.3) is 0 Å². The Kier molecular flexibility index (Phi) is 5.51. The molecule has 0 aromatic carbocycles. The van der Waals surface area contributed by atoms with E-state index in [9.17, 15) is 0 Å². The van der Waals surface area contributed by atoms with Crippen LogP contribution in [0, 0.1) is 5.92 Å². The fourth-order valence-electron chi connectivity index (χ4n) is 3.09. The molecule has 94 valence electrons. The van der Waals surface area contributed by atoms with E-state index in [1.807, 2.05) is 0 Å². The van der Waals surface area contributed by atoms with Crippen LogP contribution in [0.1, 0.15) is 58.3 Å². The van der Waals surface area contributed by atoms with Crippen LogP contribution in [0.4, 0.5) is 0 Å². The van der Waals surface area contributed by atoms with Crippen molar-refractivity contribution in [3.63, 3.8) is 0 Å². The van der Waals surface area contributed by atoms with Crippen LogP contribution in [0.5, 0.6) is 0 Å². The third kappa shape index (κ3) is 3.96. The Morgan fingerprint density at radius 3 is 2.50 bits per heavy atom. The lowest BCUT2D eigenvalue weighted by Gasteiger charge is -2.30. The average Bonchev–Trinajstić information content (AvgIpc) is 2.38. The van der Waals surface area contributed by atoms with Gasteiger partial charge in [0, 0.05) is 17.8 Å². The zero-order valence-electron chi connectivity index (χ0n) is 10.7. The van der Waals surface area contributed by atoms with Crippen molar-refractivity contribution in [2.75, 3.05) is 12.3 Å². The Morgan fingerprint density at radius 2 is 1.81 bits per heavy atom. The maximum atomic E-state index is 3.80. The van der Waals surface area contributed by atoms with Crippen LogP contribution in [0.3, 0.4) is 0 Å². The van der Waals surface area contributed by atoms with E-state index in [2.05, 4.69) is 24.0 Å². The molecule has 2 aliphatic rings. The number of thioether (sulfide) groups is 1. The van der Waals surface area contributed by atoms with E-state index < -0.39 is 0 Å². The van der Waals surface area contributed by atoms with Crippen molar-refractivity contribution in [2.24, 2.45) is 5.92 Å².